The summed E-state index contributed by atoms with van der Waals surface area (Å²) in [7, 11) is 0. The molecule has 2 aliphatic carbocycles. The van der Waals surface area contributed by atoms with Gasteiger partial charge in [0.25, 0.3) is 0 Å². The van der Waals surface area contributed by atoms with E-state index in [-0.39, 0.29) is 11.1 Å². The molecule has 0 amide bonds. The van der Waals surface area contributed by atoms with Crippen LogP contribution in [-0.4, -0.2) is 16.2 Å². The van der Waals surface area contributed by atoms with Crippen LogP contribution in [0.4, 0.5) is 0 Å². The van der Waals surface area contributed by atoms with Crippen molar-refractivity contribution in [1.29, 1.82) is 0 Å². The zero-order valence-electron chi connectivity index (χ0n) is 14.9. The van der Waals surface area contributed by atoms with Gasteiger partial charge in [0.2, 0.25) is 0 Å². The molecule has 0 aliphatic heterocycles. The first-order valence-electron chi connectivity index (χ1n) is 8.93. The number of hydrogen-bond donors (Lipinski definition) is 1. The third kappa shape index (κ3) is 17.9. The Morgan fingerprint density at radius 3 is 1.00 bits per heavy atom. The summed E-state index contributed by atoms with van der Waals surface area (Å²) in [6, 6.07) is 0. The summed E-state index contributed by atoms with van der Waals surface area (Å²) in [6.07, 6.45) is 16.1. The van der Waals surface area contributed by atoms with E-state index in [0.717, 1.165) is 12.8 Å². The summed E-state index contributed by atoms with van der Waals surface area (Å²) in [4.78, 5) is 0. The van der Waals surface area contributed by atoms with Gasteiger partial charge in [-0.15, -0.1) is 0 Å². The Kier molecular flexibility index (Phi) is 23.6. The van der Waals surface area contributed by atoms with Crippen molar-refractivity contribution in [3.8, 4) is 0 Å². The Bertz CT molecular complexity index is 130. The molecule has 0 saturated heterocycles. The van der Waals surface area contributed by atoms with Crippen molar-refractivity contribution in [3.63, 3.8) is 0 Å². The highest BCUT2D eigenvalue weighted by Gasteiger charge is 2.20. The topological polar surface area (TPSA) is 51.7 Å². The molecule has 2 nitrogen and oxygen atoms in total. The summed E-state index contributed by atoms with van der Waals surface area (Å²) in [5.74, 6) is 0. The molecule has 2 aliphatic rings. The van der Waals surface area contributed by atoms with Crippen LogP contribution in [0.3, 0.4) is 0 Å². The molecular weight excluding hydrogens is 248 g/mol. The molecule has 0 atom stereocenters. The summed E-state index contributed by atoms with van der Waals surface area (Å²) in [5.41, 5.74) is -0.337. The molecule has 0 heterocycles. The maximum absolute atomic E-state index is 9.55. The second kappa shape index (κ2) is 18.9. The first kappa shape index (κ1) is 24.9. The maximum Gasteiger partial charge on any atom is 0.0619 e. The zero-order chi connectivity index (χ0) is 15.0. The highest BCUT2D eigenvalue weighted by atomic mass is 16.3. The van der Waals surface area contributed by atoms with E-state index in [2.05, 4.69) is 0 Å². The van der Waals surface area contributed by atoms with Gasteiger partial charge < -0.3 is 10.6 Å². The molecule has 0 radical (unpaired) electrons. The highest BCUT2D eigenvalue weighted by molar-refractivity contribution is 4.74. The van der Waals surface area contributed by atoms with Crippen molar-refractivity contribution < 1.29 is 10.6 Å². The SMILES string of the molecule is C1CCCCC1.CC.CC.CC1(O)CCCCCC1.O. The van der Waals surface area contributed by atoms with Gasteiger partial charge in [-0.2, -0.15) is 0 Å². The molecule has 126 valence electrons. The van der Waals surface area contributed by atoms with Gasteiger partial charge in [0.1, 0.15) is 0 Å². The average Bonchev–Trinajstić information content (AvgIpc) is 2.69. The van der Waals surface area contributed by atoms with Crippen LogP contribution in [0.5, 0.6) is 0 Å². The van der Waals surface area contributed by atoms with Crippen LogP contribution in [0.15, 0.2) is 0 Å². The summed E-state index contributed by atoms with van der Waals surface area (Å²) < 4.78 is 0. The molecule has 0 spiro atoms. The lowest BCUT2D eigenvalue weighted by molar-refractivity contribution is 0.0444. The molecule has 0 aromatic heterocycles. The molecule has 0 aromatic rings. The van der Waals surface area contributed by atoms with Crippen LogP contribution < -0.4 is 0 Å². The normalized spacial score (nSPS) is 20.1. The molecule has 2 fully saturated rings. The molecule has 20 heavy (non-hydrogen) atoms. The fraction of sp³-hybridized carbons (Fsp3) is 1.00. The van der Waals surface area contributed by atoms with Crippen molar-refractivity contribution >= 4 is 0 Å². The minimum absolute atomic E-state index is 0. The second-order valence-electron chi connectivity index (χ2n) is 5.53. The van der Waals surface area contributed by atoms with E-state index >= 15 is 0 Å². The van der Waals surface area contributed by atoms with Gasteiger partial charge in [0.05, 0.1) is 5.60 Å². The van der Waals surface area contributed by atoms with Crippen LogP contribution in [0.2, 0.25) is 0 Å². The lowest BCUT2D eigenvalue weighted by Crippen LogP contribution is -2.21. The van der Waals surface area contributed by atoms with Crippen molar-refractivity contribution in [3.05, 3.63) is 0 Å². The monoisotopic (exact) mass is 290 g/mol. The van der Waals surface area contributed by atoms with E-state index in [4.69, 9.17) is 0 Å². The largest absolute Gasteiger partial charge is 0.412 e. The fourth-order valence-electron chi connectivity index (χ4n) is 2.55. The lowest BCUT2D eigenvalue weighted by atomic mass is 9.98. The first-order chi connectivity index (χ1) is 9.21. The molecule has 0 unspecified atom stereocenters. The van der Waals surface area contributed by atoms with Gasteiger partial charge in [-0.25, -0.2) is 0 Å². The first-order valence-corrected chi connectivity index (χ1v) is 8.93. The van der Waals surface area contributed by atoms with Gasteiger partial charge in [-0.05, 0) is 19.8 Å². The Labute approximate surface area is 128 Å². The van der Waals surface area contributed by atoms with Crippen LogP contribution in [0.25, 0.3) is 0 Å². The van der Waals surface area contributed by atoms with Crippen molar-refractivity contribution in [1.82, 2.24) is 0 Å². The lowest BCUT2D eigenvalue weighted by Gasteiger charge is -2.19. The molecular formula is C18H42O2. The van der Waals surface area contributed by atoms with Crippen LogP contribution >= 0.6 is 0 Å². The smallest absolute Gasteiger partial charge is 0.0619 e. The Hall–Kier alpha value is -0.0800. The van der Waals surface area contributed by atoms with Crippen molar-refractivity contribution in [2.75, 3.05) is 0 Å². The predicted molar refractivity (Wildman–Crippen MR) is 92.3 cm³/mol. The summed E-state index contributed by atoms with van der Waals surface area (Å²) in [6.45, 7) is 9.96. The van der Waals surface area contributed by atoms with E-state index in [1.54, 1.807) is 0 Å². The molecule has 0 aromatic carbocycles. The quantitative estimate of drug-likeness (QED) is 0.575. The Balaban J connectivity index is -0.000000231. The van der Waals surface area contributed by atoms with E-state index in [0.29, 0.717) is 0 Å². The van der Waals surface area contributed by atoms with E-state index in [9.17, 15) is 5.11 Å². The average molecular weight is 291 g/mol. The molecule has 2 rings (SSSR count). The van der Waals surface area contributed by atoms with Gasteiger partial charge in [0.15, 0.2) is 0 Å². The van der Waals surface area contributed by atoms with Crippen molar-refractivity contribution in [2.45, 2.75) is 117 Å². The molecule has 2 heteroatoms. The maximum atomic E-state index is 9.55. The van der Waals surface area contributed by atoms with Gasteiger partial charge in [-0.3, -0.25) is 0 Å². The molecule has 0 bridgehead atoms. The second-order valence-corrected chi connectivity index (χ2v) is 5.53. The molecule has 2 saturated carbocycles. The summed E-state index contributed by atoms with van der Waals surface area (Å²) >= 11 is 0. The van der Waals surface area contributed by atoms with Crippen LogP contribution in [0, 0.1) is 0 Å². The Morgan fingerprint density at radius 1 is 0.550 bits per heavy atom. The third-order valence-electron chi connectivity index (χ3n) is 3.68. The standard InChI is InChI=1S/C8H16O.C6H12.2C2H6.H2O/c1-8(9)6-4-2-3-5-7-8;1-2-4-6-5-3-1;2*1-2;/h9H,2-7H2,1H3;1-6H2;2*1-2H3;1H2. The highest BCUT2D eigenvalue weighted by Crippen LogP contribution is 2.25. The minimum atomic E-state index is -0.337. The van der Waals surface area contributed by atoms with E-state index in [1.165, 1.54) is 64.2 Å². The Morgan fingerprint density at radius 2 is 0.750 bits per heavy atom. The van der Waals surface area contributed by atoms with E-state index < -0.39 is 0 Å². The fourth-order valence-corrected chi connectivity index (χ4v) is 2.55. The van der Waals surface area contributed by atoms with Crippen molar-refractivity contribution in [2.24, 2.45) is 0 Å². The zero-order valence-corrected chi connectivity index (χ0v) is 14.9. The van der Waals surface area contributed by atoms with E-state index in [1.807, 2.05) is 34.6 Å². The number of aliphatic hydroxyl groups is 1. The third-order valence-corrected chi connectivity index (χ3v) is 3.68. The van der Waals surface area contributed by atoms with Gasteiger partial charge in [0, 0.05) is 0 Å². The number of hydrogen-bond acceptors (Lipinski definition) is 1. The van der Waals surface area contributed by atoms with Gasteiger partial charge in [-0.1, -0.05) is 91.9 Å². The minimum Gasteiger partial charge on any atom is -0.412 e. The summed E-state index contributed by atoms with van der Waals surface area (Å²) in [5, 5.41) is 9.55. The van der Waals surface area contributed by atoms with Gasteiger partial charge >= 0.3 is 0 Å². The van der Waals surface area contributed by atoms with Crippen LogP contribution in [0.1, 0.15) is 112 Å². The number of rotatable bonds is 0. The predicted octanol–water partition coefficient (Wildman–Crippen LogP) is 5.66. The molecule has 3 N–H and O–H groups in total. The van der Waals surface area contributed by atoms with Crippen LogP contribution in [-0.2, 0) is 0 Å².